The number of hydrogen-bond acceptors (Lipinski definition) is 5. The van der Waals surface area contributed by atoms with E-state index in [1.165, 1.54) is 24.3 Å². The third kappa shape index (κ3) is 4.28. The van der Waals surface area contributed by atoms with E-state index in [-0.39, 0.29) is 16.8 Å². The Bertz CT molecular complexity index is 1260. The predicted octanol–water partition coefficient (Wildman–Crippen LogP) is 4.00. The molecule has 0 radical (unpaired) electrons. The first-order chi connectivity index (χ1) is 14.3. The lowest BCUT2D eigenvalue weighted by Gasteiger charge is -2.10. The zero-order chi connectivity index (χ0) is 21.3. The summed E-state index contributed by atoms with van der Waals surface area (Å²) >= 11 is 1.57. The molecule has 4 rings (SSSR count). The molecule has 1 amide bonds. The van der Waals surface area contributed by atoms with Crippen LogP contribution < -0.4 is 10.0 Å². The van der Waals surface area contributed by atoms with Gasteiger partial charge in [-0.2, -0.15) is 0 Å². The number of imidazole rings is 1. The Morgan fingerprint density at radius 3 is 2.40 bits per heavy atom. The van der Waals surface area contributed by atoms with Crippen molar-refractivity contribution in [3.8, 4) is 11.3 Å². The highest BCUT2D eigenvalue weighted by atomic mass is 32.2. The van der Waals surface area contributed by atoms with Crippen molar-refractivity contribution in [3.63, 3.8) is 0 Å². The number of hydrogen-bond donors (Lipinski definition) is 2. The molecular formula is C21H20N4O3S2. The molecule has 0 spiro atoms. The van der Waals surface area contributed by atoms with Crippen LogP contribution in [0.1, 0.15) is 24.2 Å². The van der Waals surface area contributed by atoms with E-state index in [1.807, 2.05) is 46.4 Å². The number of thiazole rings is 1. The summed E-state index contributed by atoms with van der Waals surface area (Å²) in [7, 11) is -3.59. The Hall–Kier alpha value is -3.01. The molecule has 0 saturated heterocycles. The maximum Gasteiger partial charge on any atom is 0.255 e. The quantitative estimate of drug-likeness (QED) is 0.474. The zero-order valence-corrected chi connectivity index (χ0v) is 18.0. The lowest BCUT2D eigenvalue weighted by molar-refractivity contribution is 0.102. The highest BCUT2D eigenvalue weighted by Crippen LogP contribution is 2.23. The fourth-order valence-electron chi connectivity index (χ4n) is 2.96. The van der Waals surface area contributed by atoms with E-state index in [4.69, 9.17) is 0 Å². The van der Waals surface area contributed by atoms with E-state index in [1.54, 1.807) is 25.2 Å². The van der Waals surface area contributed by atoms with E-state index in [9.17, 15) is 13.2 Å². The number of nitrogens with one attached hydrogen (secondary N) is 2. The van der Waals surface area contributed by atoms with Gasteiger partial charge in [0.05, 0.1) is 10.6 Å². The van der Waals surface area contributed by atoms with E-state index in [0.29, 0.717) is 11.3 Å². The minimum absolute atomic E-state index is 0.122. The topological polar surface area (TPSA) is 92.6 Å². The van der Waals surface area contributed by atoms with Gasteiger partial charge in [0.15, 0.2) is 4.96 Å². The van der Waals surface area contributed by atoms with Crippen LogP contribution in [0.3, 0.4) is 0 Å². The average molecular weight is 441 g/mol. The molecule has 0 fully saturated rings. The van der Waals surface area contributed by atoms with Gasteiger partial charge in [-0.05, 0) is 50.2 Å². The van der Waals surface area contributed by atoms with Crippen molar-refractivity contribution in [1.82, 2.24) is 14.1 Å². The van der Waals surface area contributed by atoms with Crippen LogP contribution in [0.2, 0.25) is 0 Å². The summed E-state index contributed by atoms with van der Waals surface area (Å²) in [4.78, 5) is 18.1. The standard InChI is InChI=1S/C21H20N4O3S2/c1-14(2)24-30(27,28)18-9-5-16(6-10-18)20(26)22-17-7-3-15(4-8-17)19-13-25-11-12-29-21(25)23-19/h3-14,24H,1-2H3,(H,22,26). The zero-order valence-electron chi connectivity index (χ0n) is 16.4. The van der Waals surface area contributed by atoms with Crippen molar-refractivity contribution >= 4 is 37.9 Å². The Morgan fingerprint density at radius 1 is 1.07 bits per heavy atom. The molecule has 0 aliphatic carbocycles. The molecule has 0 aliphatic heterocycles. The molecule has 0 aliphatic rings. The van der Waals surface area contributed by atoms with Gasteiger partial charge < -0.3 is 5.32 Å². The number of carbonyl (C=O) groups is 1. The molecule has 4 aromatic rings. The molecule has 7 nitrogen and oxygen atoms in total. The van der Waals surface area contributed by atoms with Crippen LogP contribution in [0, 0.1) is 0 Å². The molecular weight excluding hydrogens is 420 g/mol. The molecule has 9 heteroatoms. The van der Waals surface area contributed by atoms with Crippen LogP contribution in [-0.4, -0.2) is 29.8 Å². The molecule has 0 atom stereocenters. The van der Waals surface area contributed by atoms with Gasteiger partial charge in [0.1, 0.15) is 0 Å². The van der Waals surface area contributed by atoms with E-state index < -0.39 is 10.0 Å². The third-order valence-corrected chi connectivity index (χ3v) is 6.79. The summed E-state index contributed by atoms with van der Waals surface area (Å²) in [5, 5.41) is 4.80. The molecule has 2 heterocycles. The molecule has 154 valence electrons. The van der Waals surface area contributed by atoms with Crippen molar-refractivity contribution in [2.75, 3.05) is 5.32 Å². The van der Waals surface area contributed by atoms with Crippen molar-refractivity contribution < 1.29 is 13.2 Å². The highest BCUT2D eigenvalue weighted by Gasteiger charge is 2.16. The molecule has 2 aromatic carbocycles. The second kappa shape index (κ2) is 8.02. The molecule has 0 saturated carbocycles. The normalized spacial score (nSPS) is 11.8. The predicted molar refractivity (Wildman–Crippen MR) is 118 cm³/mol. The number of nitrogens with zero attached hydrogens (tertiary/aromatic N) is 2. The van der Waals surface area contributed by atoms with Crippen molar-refractivity contribution in [2.24, 2.45) is 0 Å². The Balaban J connectivity index is 1.45. The van der Waals surface area contributed by atoms with Gasteiger partial charge in [-0.25, -0.2) is 18.1 Å². The lowest BCUT2D eigenvalue weighted by Crippen LogP contribution is -2.30. The van der Waals surface area contributed by atoms with E-state index >= 15 is 0 Å². The summed E-state index contributed by atoms with van der Waals surface area (Å²) in [6, 6.07) is 13.1. The highest BCUT2D eigenvalue weighted by molar-refractivity contribution is 7.89. The van der Waals surface area contributed by atoms with Crippen LogP contribution in [0.15, 0.2) is 71.2 Å². The number of carbonyl (C=O) groups excluding carboxylic acids is 1. The molecule has 0 unspecified atom stereocenters. The first-order valence-electron chi connectivity index (χ1n) is 9.28. The van der Waals surface area contributed by atoms with Crippen LogP contribution in [0.5, 0.6) is 0 Å². The lowest BCUT2D eigenvalue weighted by atomic mass is 10.1. The van der Waals surface area contributed by atoms with E-state index in [0.717, 1.165) is 16.2 Å². The molecule has 30 heavy (non-hydrogen) atoms. The first-order valence-corrected chi connectivity index (χ1v) is 11.6. The Labute approximate surface area is 178 Å². The smallest absolute Gasteiger partial charge is 0.255 e. The summed E-state index contributed by atoms with van der Waals surface area (Å²) in [6.07, 6.45) is 3.92. The van der Waals surface area contributed by atoms with Gasteiger partial charge in [-0.1, -0.05) is 12.1 Å². The van der Waals surface area contributed by atoms with Gasteiger partial charge in [0, 0.05) is 40.6 Å². The number of fused-ring (bicyclic) bond motifs is 1. The second-order valence-electron chi connectivity index (χ2n) is 7.05. The van der Waals surface area contributed by atoms with Gasteiger partial charge in [-0.3, -0.25) is 9.20 Å². The monoisotopic (exact) mass is 440 g/mol. The minimum atomic E-state index is -3.59. The fourth-order valence-corrected chi connectivity index (χ4v) is 4.91. The van der Waals surface area contributed by atoms with Gasteiger partial charge in [0.25, 0.3) is 5.91 Å². The summed E-state index contributed by atoms with van der Waals surface area (Å²) in [5.41, 5.74) is 2.84. The maximum atomic E-state index is 12.5. The van der Waals surface area contributed by atoms with Crippen molar-refractivity contribution in [1.29, 1.82) is 0 Å². The number of aromatic nitrogens is 2. The average Bonchev–Trinajstić information content (AvgIpc) is 3.30. The SMILES string of the molecule is CC(C)NS(=O)(=O)c1ccc(C(=O)Nc2ccc(-c3cn4ccsc4n3)cc2)cc1. The van der Waals surface area contributed by atoms with Crippen LogP contribution in [0.25, 0.3) is 16.2 Å². The summed E-state index contributed by atoms with van der Waals surface area (Å²) in [5.74, 6) is -0.314. The van der Waals surface area contributed by atoms with Crippen LogP contribution in [-0.2, 0) is 10.0 Å². The summed E-state index contributed by atoms with van der Waals surface area (Å²) in [6.45, 7) is 3.50. The maximum absolute atomic E-state index is 12.5. The minimum Gasteiger partial charge on any atom is -0.322 e. The van der Waals surface area contributed by atoms with Crippen LogP contribution in [0.4, 0.5) is 5.69 Å². The number of rotatable bonds is 6. The molecule has 0 bridgehead atoms. The van der Waals surface area contributed by atoms with Crippen LogP contribution >= 0.6 is 11.3 Å². The van der Waals surface area contributed by atoms with Gasteiger partial charge >= 0.3 is 0 Å². The fraction of sp³-hybridized carbons (Fsp3) is 0.143. The number of sulfonamides is 1. The van der Waals surface area contributed by atoms with Crippen molar-refractivity contribution in [2.45, 2.75) is 24.8 Å². The van der Waals surface area contributed by atoms with Gasteiger partial charge in [0.2, 0.25) is 10.0 Å². The number of anilines is 1. The second-order valence-corrected chi connectivity index (χ2v) is 9.64. The third-order valence-electron chi connectivity index (χ3n) is 4.35. The number of amides is 1. The van der Waals surface area contributed by atoms with E-state index in [2.05, 4.69) is 15.0 Å². The molecule has 2 aromatic heterocycles. The Kier molecular flexibility index (Phi) is 5.42. The van der Waals surface area contributed by atoms with Crippen molar-refractivity contribution in [3.05, 3.63) is 71.9 Å². The first kappa shape index (κ1) is 20.3. The summed E-state index contributed by atoms with van der Waals surface area (Å²) < 4.78 is 28.9. The number of benzene rings is 2. The Morgan fingerprint density at radius 2 is 1.77 bits per heavy atom. The molecule has 2 N–H and O–H groups in total. The van der Waals surface area contributed by atoms with Gasteiger partial charge in [-0.15, -0.1) is 11.3 Å². The largest absolute Gasteiger partial charge is 0.322 e.